The summed E-state index contributed by atoms with van der Waals surface area (Å²) < 4.78 is 15.0. The van der Waals surface area contributed by atoms with E-state index in [0.29, 0.717) is 22.6 Å². The van der Waals surface area contributed by atoms with E-state index in [9.17, 15) is 9.18 Å². The molecule has 0 bridgehead atoms. The van der Waals surface area contributed by atoms with E-state index in [1.54, 1.807) is 10.6 Å². The van der Waals surface area contributed by atoms with Crippen molar-refractivity contribution in [2.24, 2.45) is 4.99 Å². The largest absolute Gasteiger partial charge is 0.346 e. The fourth-order valence-corrected chi connectivity index (χ4v) is 3.91. The number of thiophene rings is 1. The number of hydrogen-bond donors (Lipinski definition) is 0. The Kier molecular flexibility index (Phi) is 4.09. The van der Waals surface area contributed by atoms with Crippen LogP contribution in [0.5, 0.6) is 0 Å². The minimum absolute atomic E-state index is 0.115. The summed E-state index contributed by atoms with van der Waals surface area (Å²) in [6.07, 6.45) is 1.30. The molecule has 3 rings (SSSR count). The maximum Gasteiger partial charge on any atom is 0.346 e. The first-order valence-electron chi connectivity index (χ1n) is 6.74. The standard InChI is InChI=1S/C14H13FN4OS2/c1-9-7-19(12-3-2-11(6-16)22-12)14(21-9)17-13(20)18-5-4-10(15)8-18/h2-3,7,10H,4-5,8H2,1H3/t10-/m1/s1. The van der Waals surface area contributed by atoms with Crippen LogP contribution in [0, 0.1) is 18.3 Å². The lowest BCUT2D eigenvalue weighted by atomic mass is 10.3. The van der Waals surface area contributed by atoms with Gasteiger partial charge in [-0.3, -0.25) is 4.57 Å². The number of rotatable bonds is 1. The number of urea groups is 1. The van der Waals surface area contributed by atoms with Crippen molar-refractivity contribution in [1.29, 1.82) is 5.26 Å². The molecule has 22 heavy (non-hydrogen) atoms. The van der Waals surface area contributed by atoms with Crippen LogP contribution < -0.4 is 4.80 Å². The van der Waals surface area contributed by atoms with Crippen LogP contribution in [0.15, 0.2) is 23.3 Å². The van der Waals surface area contributed by atoms with Gasteiger partial charge in [0.05, 0.1) is 6.54 Å². The van der Waals surface area contributed by atoms with Crippen molar-refractivity contribution in [2.45, 2.75) is 19.5 Å². The number of nitrogens with zero attached hydrogens (tertiary/aromatic N) is 4. The van der Waals surface area contributed by atoms with Gasteiger partial charge in [0, 0.05) is 17.6 Å². The molecule has 8 heteroatoms. The zero-order valence-corrected chi connectivity index (χ0v) is 13.5. The van der Waals surface area contributed by atoms with Gasteiger partial charge in [-0.25, -0.2) is 9.18 Å². The quantitative estimate of drug-likeness (QED) is 0.804. The zero-order chi connectivity index (χ0) is 15.7. The van der Waals surface area contributed by atoms with E-state index >= 15 is 0 Å². The maximum atomic E-state index is 13.2. The Balaban J connectivity index is 1.95. The Morgan fingerprint density at radius 3 is 2.95 bits per heavy atom. The van der Waals surface area contributed by atoms with Crippen LogP contribution in [0.3, 0.4) is 0 Å². The van der Waals surface area contributed by atoms with Crippen LogP contribution >= 0.6 is 22.7 Å². The van der Waals surface area contributed by atoms with Gasteiger partial charge in [0.25, 0.3) is 0 Å². The Hall–Kier alpha value is -1.98. The van der Waals surface area contributed by atoms with Gasteiger partial charge in [-0.2, -0.15) is 10.3 Å². The smallest absolute Gasteiger partial charge is 0.320 e. The molecule has 2 aromatic rings. The Morgan fingerprint density at radius 1 is 1.50 bits per heavy atom. The molecule has 0 radical (unpaired) electrons. The molecular weight excluding hydrogens is 323 g/mol. The maximum absolute atomic E-state index is 13.2. The normalized spacial score (nSPS) is 18.7. The van der Waals surface area contributed by atoms with E-state index in [2.05, 4.69) is 11.1 Å². The molecule has 2 amide bonds. The van der Waals surface area contributed by atoms with Crippen LogP contribution in [0.25, 0.3) is 5.00 Å². The van der Waals surface area contributed by atoms with Crippen molar-refractivity contribution in [3.63, 3.8) is 0 Å². The lowest BCUT2D eigenvalue weighted by Gasteiger charge is -2.10. The molecule has 0 aliphatic carbocycles. The van der Waals surface area contributed by atoms with Gasteiger partial charge in [-0.15, -0.1) is 22.7 Å². The summed E-state index contributed by atoms with van der Waals surface area (Å²) in [5, 5.41) is 9.75. The lowest BCUT2D eigenvalue weighted by molar-refractivity contribution is 0.213. The summed E-state index contributed by atoms with van der Waals surface area (Å²) in [6.45, 7) is 2.45. The molecule has 1 saturated heterocycles. The number of thiazole rings is 1. The number of carbonyl (C=O) groups is 1. The number of amides is 2. The number of hydrogen-bond acceptors (Lipinski definition) is 4. The predicted octanol–water partition coefficient (Wildman–Crippen LogP) is 2.84. The Labute approximate surface area is 134 Å². The minimum Gasteiger partial charge on any atom is -0.320 e. The lowest BCUT2D eigenvalue weighted by Crippen LogP contribution is -2.28. The highest BCUT2D eigenvalue weighted by molar-refractivity contribution is 7.15. The van der Waals surface area contributed by atoms with E-state index in [-0.39, 0.29) is 6.54 Å². The van der Waals surface area contributed by atoms with Crippen molar-refractivity contribution in [2.75, 3.05) is 13.1 Å². The summed E-state index contributed by atoms with van der Waals surface area (Å²) in [6, 6.07) is 5.25. The fraction of sp³-hybridized carbons (Fsp3) is 0.357. The number of carbonyl (C=O) groups excluding carboxylic acids is 1. The molecule has 114 valence electrons. The first kappa shape index (κ1) is 14.9. The van der Waals surface area contributed by atoms with Gasteiger partial charge in [0.1, 0.15) is 22.1 Å². The highest BCUT2D eigenvalue weighted by Crippen LogP contribution is 2.20. The third-order valence-electron chi connectivity index (χ3n) is 3.30. The van der Waals surface area contributed by atoms with Crippen molar-refractivity contribution in [1.82, 2.24) is 9.47 Å². The molecule has 1 aliphatic heterocycles. The average Bonchev–Trinajstić information content (AvgIpc) is 3.18. The molecule has 0 unspecified atom stereocenters. The predicted molar refractivity (Wildman–Crippen MR) is 83.0 cm³/mol. The highest BCUT2D eigenvalue weighted by atomic mass is 32.1. The SMILES string of the molecule is Cc1cn(-c2ccc(C#N)s2)c(=NC(=O)N2CC[C@@H](F)C2)s1. The van der Waals surface area contributed by atoms with Crippen LogP contribution in [-0.2, 0) is 0 Å². The van der Waals surface area contributed by atoms with Gasteiger partial charge in [-0.1, -0.05) is 0 Å². The molecule has 3 heterocycles. The molecular formula is C14H13FN4OS2. The molecule has 0 saturated carbocycles. The summed E-state index contributed by atoms with van der Waals surface area (Å²) in [5.41, 5.74) is 0. The second-order valence-electron chi connectivity index (χ2n) is 4.97. The van der Waals surface area contributed by atoms with Crippen molar-refractivity contribution in [3.8, 4) is 11.1 Å². The molecule has 2 aromatic heterocycles. The van der Waals surface area contributed by atoms with Gasteiger partial charge in [-0.05, 0) is 25.5 Å². The number of alkyl halides is 1. The van der Waals surface area contributed by atoms with Crippen molar-refractivity contribution in [3.05, 3.63) is 32.9 Å². The summed E-state index contributed by atoms with van der Waals surface area (Å²) in [4.78, 5) is 19.9. The second kappa shape index (κ2) is 6.02. The van der Waals surface area contributed by atoms with Crippen LogP contribution in [0.1, 0.15) is 16.2 Å². The third kappa shape index (κ3) is 2.96. The number of aromatic nitrogens is 1. The molecule has 5 nitrogen and oxygen atoms in total. The van der Waals surface area contributed by atoms with Crippen LogP contribution in [-0.4, -0.2) is 34.8 Å². The molecule has 0 N–H and O–H groups in total. The average molecular weight is 336 g/mol. The molecule has 0 spiro atoms. The number of nitriles is 1. The number of aryl methyl sites for hydroxylation is 1. The molecule has 1 aliphatic rings. The van der Waals surface area contributed by atoms with E-state index in [1.165, 1.54) is 27.6 Å². The van der Waals surface area contributed by atoms with Gasteiger partial charge in [0.2, 0.25) is 0 Å². The Morgan fingerprint density at radius 2 is 2.32 bits per heavy atom. The monoisotopic (exact) mass is 336 g/mol. The first-order valence-corrected chi connectivity index (χ1v) is 8.37. The van der Waals surface area contributed by atoms with E-state index < -0.39 is 12.2 Å². The van der Waals surface area contributed by atoms with Gasteiger partial charge < -0.3 is 4.90 Å². The van der Waals surface area contributed by atoms with Gasteiger partial charge >= 0.3 is 6.03 Å². The van der Waals surface area contributed by atoms with Crippen LogP contribution in [0.4, 0.5) is 9.18 Å². The minimum atomic E-state index is -0.952. The zero-order valence-electron chi connectivity index (χ0n) is 11.8. The number of halogens is 1. The summed E-state index contributed by atoms with van der Waals surface area (Å²) in [5.74, 6) is 0. The summed E-state index contributed by atoms with van der Waals surface area (Å²) >= 11 is 2.73. The molecule has 1 atom stereocenters. The van der Waals surface area contributed by atoms with Crippen molar-refractivity contribution < 1.29 is 9.18 Å². The fourth-order valence-electron chi connectivity index (χ4n) is 2.25. The van der Waals surface area contributed by atoms with E-state index in [0.717, 1.165) is 9.88 Å². The summed E-state index contributed by atoms with van der Waals surface area (Å²) in [7, 11) is 0. The second-order valence-corrected chi connectivity index (χ2v) is 7.25. The third-order valence-corrected chi connectivity index (χ3v) is 5.19. The first-order chi connectivity index (χ1) is 10.6. The molecule has 1 fully saturated rings. The van der Waals surface area contributed by atoms with Gasteiger partial charge in [0.15, 0.2) is 4.80 Å². The van der Waals surface area contributed by atoms with Crippen LogP contribution in [0.2, 0.25) is 0 Å². The number of likely N-dealkylation sites (tertiary alicyclic amines) is 1. The van der Waals surface area contributed by atoms with Crippen molar-refractivity contribution >= 4 is 28.7 Å². The highest BCUT2D eigenvalue weighted by Gasteiger charge is 2.25. The van der Waals surface area contributed by atoms with E-state index in [4.69, 9.17) is 5.26 Å². The van der Waals surface area contributed by atoms with E-state index in [1.807, 2.05) is 19.2 Å². The molecule has 0 aromatic carbocycles. The Bertz CT molecular complexity index is 813. The topological polar surface area (TPSA) is 61.4 Å².